The van der Waals surface area contributed by atoms with E-state index in [1.807, 2.05) is 38.1 Å². The summed E-state index contributed by atoms with van der Waals surface area (Å²) < 4.78 is 19.4. The molecule has 2 heterocycles. The van der Waals surface area contributed by atoms with Crippen LogP contribution in [0.15, 0.2) is 72.3 Å². The number of carbonyl (C=O) groups excluding carboxylic acids is 2. The molecule has 2 aliphatic rings. The fourth-order valence-electron chi connectivity index (χ4n) is 5.13. The number of carbonyl (C=O) groups is 2. The van der Waals surface area contributed by atoms with Crippen LogP contribution in [0.2, 0.25) is 0 Å². The molecule has 0 spiro atoms. The lowest BCUT2D eigenvalue weighted by atomic mass is 9.94. The molecule has 1 atom stereocenters. The van der Waals surface area contributed by atoms with Crippen LogP contribution in [0.25, 0.3) is 5.76 Å². The second kappa shape index (κ2) is 10.1. The van der Waals surface area contributed by atoms with Crippen molar-refractivity contribution in [2.45, 2.75) is 32.7 Å². The maximum Gasteiger partial charge on any atom is 0.300 e. The number of rotatable bonds is 6. The van der Waals surface area contributed by atoms with E-state index in [-0.39, 0.29) is 11.3 Å². The first kappa shape index (κ1) is 24.6. The van der Waals surface area contributed by atoms with Gasteiger partial charge >= 0.3 is 0 Å². The van der Waals surface area contributed by atoms with Crippen molar-refractivity contribution < 1.29 is 23.8 Å². The fraction of sp³-hybridized carbons (Fsp3) is 0.267. The summed E-state index contributed by atoms with van der Waals surface area (Å²) >= 11 is 0. The van der Waals surface area contributed by atoms with E-state index in [9.17, 15) is 19.1 Å². The zero-order chi connectivity index (χ0) is 26.1. The van der Waals surface area contributed by atoms with E-state index in [0.717, 1.165) is 37.2 Å². The first-order chi connectivity index (χ1) is 17.9. The molecule has 6 nitrogen and oxygen atoms in total. The minimum absolute atomic E-state index is 0.0382. The first-order valence-corrected chi connectivity index (χ1v) is 12.5. The van der Waals surface area contributed by atoms with Crippen LogP contribution in [0.4, 0.5) is 15.8 Å². The Bertz CT molecular complexity index is 1360. The zero-order valence-corrected chi connectivity index (χ0v) is 20.9. The molecule has 2 fully saturated rings. The molecule has 1 amide bonds. The second-order valence-electron chi connectivity index (χ2n) is 9.34. The molecule has 0 radical (unpaired) electrons. The summed E-state index contributed by atoms with van der Waals surface area (Å²) in [6.45, 7) is 6.20. The molecule has 0 bridgehead atoms. The van der Waals surface area contributed by atoms with Gasteiger partial charge in [-0.05, 0) is 92.4 Å². The largest absolute Gasteiger partial charge is 0.507 e. The lowest BCUT2D eigenvalue weighted by Gasteiger charge is -2.26. The van der Waals surface area contributed by atoms with Gasteiger partial charge in [0.15, 0.2) is 0 Å². The van der Waals surface area contributed by atoms with Gasteiger partial charge in [-0.1, -0.05) is 12.1 Å². The lowest BCUT2D eigenvalue weighted by Crippen LogP contribution is -2.29. The number of amides is 1. The Morgan fingerprint density at radius 1 is 0.973 bits per heavy atom. The topological polar surface area (TPSA) is 70.1 Å². The number of aliphatic hydroxyl groups excluding tert-OH is 1. The number of halogens is 1. The maximum absolute atomic E-state index is 13.8. The fourth-order valence-corrected chi connectivity index (χ4v) is 5.13. The van der Waals surface area contributed by atoms with E-state index < -0.39 is 23.5 Å². The van der Waals surface area contributed by atoms with Crippen LogP contribution in [0.3, 0.4) is 0 Å². The molecule has 0 aliphatic carbocycles. The number of Topliss-reactive ketones (excluding diaryl/α,β-unsaturated/α-hetero) is 1. The summed E-state index contributed by atoms with van der Waals surface area (Å²) in [5.41, 5.74) is 3.26. The van der Waals surface area contributed by atoms with Crippen LogP contribution >= 0.6 is 0 Å². The van der Waals surface area contributed by atoms with Crippen LogP contribution in [0.1, 0.15) is 42.5 Å². The van der Waals surface area contributed by atoms with Gasteiger partial charge in [-0.25, -0.2) is 4.39 Å². The third-order valence-corrected chi connectivity index (χ3v) is 6.98. The molecule has 2 saturated heterocycles. The molecule has 0 saturated carbocycles. The Hall–Kier alpha value is -4.13. The van der Waals surface area contributed by atoms with Crippen LogP contribution in [0, 0.1) is 12.7 Å². The molecule has 1 N–H and O–H groups in total. The van der Waals surface area contributed by atoms with Gasteiger partial charge in [0.2, 0.25) is 0 Å². The minimum Gasteiger partial charge on any atom is -0.507 e. The third kappa shape index (κ3) is 4.57. The molecule has 7 heteroatoms. The summed E-state index contributed by atoms with van der Waals surface area (Å²) in [4.78, 5) is 30.4. The minimum atomic E-state index is -0.912. The van der Waals surface area contributed by atoms with Crippen molar-refractivity contribution >= 4 is 28.8 Å². The van der Waals surface area contributed by atoms with Crippen molar-refractivity contribution in [2.24, 2.45) is 0 Å². The highest BCUT2D eigenvalue weighted by Gasteiger charge is 2.47. The Balaban J connectivity index is 1.61. The predicted molar refractivity (Wildman–Crippen MR) is 141 cm³/mol. The number of benzene rings is 3. The summed E-state index contributed by atoms with van der Waals surface area (Å²) in [6, 6.07) is 17.4. The quantitative estimate of drug-likeness (QED) is 0.265. The van der Waals surface area contributed by atoms with Gasteiger partial charge in [0.25, 0.3) is 11.7 Å². The van der Waals surface area contributed by atoms with E-state index in [0.29, 0.717) is 29.2 Å². The van der Waals surface area contributed by atoms with E-state index in [1.165, 1.54) is 29.2 Å². The highest BCUT2D eigenvalue weighted by Crippen LogP contribution is 2.43. The van der Waals surface area contributed by atoms with Gasteiger partial charge in [0.05, 0.1) is 18.2 Å². The average Bonchev–Trinajstić information content (AvgIpc) is 3.53. The molecular formula is C30H29FN2O4. The van der Waals surface area contributed by atoms with E-state index in [1.54, 1.807) is 18.2 Å². The summed E-state index contributed by atoms with van der Waals surface area (Å²) in [6.07, 6.45) is 2.29. The summed E-state index contributed by atoms with van der Waals surface area (Å²) in [5.74, 6) is -1.57. The normalized spacial score (nSPS) is 19.1. The monoisotopic (exact) mass is 500 g/mol. The van der Waals surface area contributed by atoms with Crippen molar-refractivity contribution in [3.8, 4) is 5.75 Å². The maximum atomic E-state index is 13.8. The first-order valence-electron chi connectivity index (χ1n) is 12.5. The Morgan fingerprint density at radius 3 is 2.24 bits per heavy atom. The SMILES string of the molecule is CCOc1ccc(/C(O)=C2/C(=O)C(=O)N(c3ccc(N4CCCC4)cc3)C2c2ccc(F)cc2)cc1C. The van der Waals surface area contributed by atoms with Gasteiger partial charge in [0, 0.05) is 30.0 Å². The summed E-state index contributed by atoms with van der Waals surface area (Å²) in [5, 5.41) is 11.4. The molecule has 190 valence electrons. The number of aryl methyl sites for hydroxylation is 1. The number of hydrogen-bond donors (Lipinski definition) is 1. The molecule has 0 aromatic heterocycles. The number of aliphatic hydroxyl groups is 1. The molecule has 37 heavy (non-hydrogen) atoms. The third-order valence-electron chi connectivity index (χ3n) is 6.98. The van der Waals surface area contributed by atoms with E-state index in [2.05, 4.69) is 4.90 Å². The van der Waals surface area contributed by atoms with Gasteiger partial charge in [-0.2, -0.15) is 0 Å². The van der Waals surface area contributed by atoms with Gasteiger partial charge in [0.1, 0.15) is 17.3 Å². The molecule has 3 aromatic carbocycles. The molecule has 2 aliphatic heterocycles. The molecule has 1 unspecified atom stereocenters. The highest BCUT2D eigenvalue weighted by atomic mass is 19.1. The van der Waals surface area contributed by atoms with Gasteiger partial charge in [-0.15, -0.1) is 0 Å². The summed E-state index contributed by atoms with van der Waals surface area (Å²) in [7, 11) is 0. The molecule has 5 rings (SSSR count). The van der Waals surface area contributed by atoms with Gasteiger partial charge in [-0.3, -0.25) is 14.5 Å². The Kier molecular flexibility index (Phi) is 6.70. The average molecular weight is 501 g/mol. The van der Waals surface area contributed by atoms with Crippen LogP contribution < -0.4 is 14.5 Å². The van der Waals surface area contributed by atoms with Crippen LogP contribution in [-0.4, -0.2) is 36.5 Å². The Labute approximate surface area is 215 Å². The smallest absolute Gasteiger partial charge is 0.300 e. The van der Waals surface area contributed by atoms with Crippen molar-refractivity contribution in [2.75, 3.05) is 29.5 Å². The number of ether oxygens (including phenoxy) is 1. The van der Waals surface area contributed by atoms with E-state index in [4.69, 9.17) is 4.74 Å². The van der Waals surface area contributed by atoms with Crippen molar-refractivity contribution in [3.63, 3.8) is 0 Å². The molecular weight excluding hydrogens is 471 g/mol. The van der Waals surface area contributed by atoms with Crippen molar-refractivity contribution in [3.05, 3.63) is 94.8 Å². The van der Waals surface area contributed by atoms with Crippen molar-refractivity contribution in [1.29, 1.82) is 0 Å². The van der Waals surface area contributed by atoms with Crippen molar-refractivity contribution in [1.82, 2.24) is 0 Å². The van der Waals surface area contributed by atoms with Crippen LogP contribution in [-0.2, 0) is 9.59 Å². The zero-order valence-electron chi connectivity index (χ0n) is 20.9. The number of hydrogen-bond acceptors (Lipinski definition) is 5. The highest BCUT2D eigenvalue weighted by molar-refractivity contribution is 6.51. The second-order valence-corrected chi connectivity index (χ2v) is 9.34. The number of nitrogens with zero attached hydrogens (tertiary/aromatic N) is 2. The van der Waals surface area contributed by atoms with Crippen LogP contribution in [0.5, 0.6) is 5.75 Å². The standard InChI is InChI=1S/C30H29FN2O4/c1-3-37-25-15-8-21(18-19(25)2)28(34)26-27(20-6-9-22(31)10-7-20)33(30(36)29(26)35)24-13-11-23(12-14-24)32-16-4-5-17-32/h6-15,18,27,34H,3-5,16-17H2,1-2H3/b28-26-. The lowest BCUT2D eigenvalue weighted by molar-refractivity contribution is -0.132. The Morgan fingerprint density at radius 2 is 1.62 bits per heavy atom. The predicted octanol–water partition coefficient (Wildman–Crippen LogP) is 5.76. The van der Waals surface area contributed by atoms with E-state index >= 15 is 0 Å². The number of anilines is 2. The van der Waals surface area contributed by atoms with Gasteiger partial charge < -0.3 is 14.7 Å². The number of ketones is 1. The molecule has 3 aromatic rings.